The van der Waals surface area contributed by atoms with Crippen molar-refractivity contribution in [3.8, 4) is 0 Å². The molecule has 0 saturated heterocycles. The molecule has 6 nitrogen and oxygen atoms in total. The number of hydrogen-bond acceptors (Lipinski definition) is 6. The molecule has 1 aliphatic carbocycles. The second-order valence-corrected chi connectivity index (χ2v) is 5.64. The van der Waals surface area contributed by atoms with Crippen LogP contribution in [-0.4, -0.2) is 50.8 Å². The van der Waals surface area contributed by atoms with Crippen LogP contribution in [-0.2, 0) is 0 Å². The summed E-state index contributed by atoms with van der Waals surface area (Å²) in [5, 5.41) is 25.1. The minimum atomic E-state index is 0.208. The standard InChI is InChI=1S/C11H21N5OS/c1-12-9(6-7-17)8-18-11-13-14-15-16(11)10-4-2-3-5-10/h9-10,12,17H,2-8H2,1H3. The van der Waals surface area contributed by atoms with Crippen LogP contribution in [0.2, 0.25) is 0 Å². The van der Waals surface area contributed by atoms with E-state index in [2.05, 4.69) is 20.8 Å². The molecule has 0 radical (unpaired) electrons. The van der Waals surface area contributed by atoms with Crippen LogP contribution >= 0.6 is 11.8 Å². The van der Waals surface area contributed by atoms with Gasteiger partial charge in [-0.1, -0.05) is 24.6 Å². The van der Waals surface area contributed by atoms with E-state index < -0.39 is 0 Å². The second kappa shape index (κ2) is 7.06. The summed E-state index contributed by atoms with van der Waals surface area (Å²) in [6, 6.07) is 0.780. The minimum Gasteiger partial charge on any atom is -0.396 e. The summed E-state index contributed by atoms with van der Waals surface area (Å²) in [4.78, 5) is 0. The number of hydrogen-bond donors (Lipinski definition) is 2. The highest BCUT2D eigenvalue weighted by atomic mass is 32.2. The number of tetrazole rings is 1. The van der Waals surface area contributed by atoms with Crippen LogP contribution in [0.25, 0.3) is 0 Å². The van der Waals surface area contributed by atoms with Gasteiger partial charge in [0.1, 0.15) is 0 Å². The maximum atomic E-state index is 8.96. The van der Waals surface area contributed by atoms with E-state index in [-0.39, 0.29) is 6.61 Å². The summed E-state index contributed by atoms with van der Waals surface area (Å²) in [6.07, 6.45) is 5.68. The van der Waals surface area contributed by atoms with Gasteiger partial charge in [-0.05, 0) is 36.7 Å². The van der Waals surface area contributed by atoms with Crippen LogP contribution in [0.4, 0.5) is 0 Å². The second-order valence-electron chi connectivity index (χ2n) is 4.65. The third-order valence-corrected chi connectivity index (χ3v) is 4.53. The lowest BCUT2D eigenvalue weighted by Gasteiger charge is -2.15. The van der Waals surface area contributed by atoms with Crippen molar-refractivity contribution in [2.24, 2.45) is 0 Å². The monoisotopic (exact) mass is 271 g/mol. The van der Waals surface area contributed by atoms with Gasteiger partial charge in [-0.3, -0.25) is 0 Å². The fraction of sp³-hybridized carbons (Fsp3) is 0.909. The van der Waals surface area contributed by atoms with Crippen molar-refractivity contribution in [3.05, 3.63) is 0 Å². The van der Waals surface area contributed by atoms with Gasteiger partial charge >= 0.3 is 0 Å². The number of aliphatic hydroxyl groups excluding tert-OH is 1. The maximum absolute atomic E-state index is 8.96. The minimum absolute atomic E-state index is 0.208. The lowest BCUT2D eigenvalue weighted by atomic mass is 10.2. The van der Waals surface area contributed by atoms with Crippen molar-refractivity contribution < 1.29 is 5.11 Å². The third-order valence-electron chi connectivity index (χ3n) is 3.43. The fourth-order valence-electron chi connectivity index (χ4n) is 2.30. The number of aliphatic hydroxyl groups is 1. The maximum Gasteiger partial charge on any atom is 0.209 e. The van der Waals surface area contributed by atoms with E-state index in [9.17, 15) is 0 Å². The van der Waals surface area contributed by atoms with Crippen molar-refractivity contribution in [2.75, 3.05) is 19.4 Å². The predicted molar refractivity (Wildman–Crippen MR) is 70.6 cm³/mol. The molecule has 1 aromatic rings. The molecular weight excluding hydrogens is 250 g/mol. The van der Waals surface area contributed by atoms with Gasteiger partial charge in [-0.15, -0.1) is 5.10 Å². The summed E-state index contributed by atoms with van der Waals surface area (Å²) in [6.45, 7) is 0.208. The van der Waals surface area contributed by atoms with E-state index in [1.54, 1.807) is 11.8 Å². The molecule has 18 heavy (non-hydrogen) atoms. The van der Waals surface area contributed by atoms with Crippen molar-refractivity contribution in [2.45, 2.75) is 49.3 Å². The Morgan fingerprint density at radius 2 is 2.28 bits per heavy atom. The van der Waals surface area contributed by atoms with Crippen molar-refractivity contribution in [3.63, 3.8) is 0 Å². The van der Waals surface area contributed by atoms with Crippen molar-refractivity contribution >= 4 is 11.8 Å². The molecule has 2 N–H and O–H groups in total. The highest BCUT2D eigenvalue weighted by Gasteiger charge is 2.22. The number of rotatable bonds is 7. The Hall–Kier alpha value is -0.660. The van der Waals surface area contributed by atoms with E-state index in [1.807, 2.05) is 11.7 Å². The first-order valence-corrected chi connectivity index (χ1v) is 7.52. The first-order valence-electron chi connectivity index (χ1n) is 6.54. The number of nitrogens with one attached hydrogen (secondary N) is 1. The normalized spacial score (nSPS) is 18.3. The zero-order valence-electron chi connectivity index (χ0n) is 10.7. The lowest BCUT2D eigenvalue weighted by Crippen LogP contribution is -2.28. The molecule has 102 valence electrons. The number of nitrogens with zero attached hydrogens (tertiary/aromatic N) is 4. The van der Waals surface area contributed by atoms with Crippen LogP contribution in [0.5, 0.6) is 0 Å². The van der Waals surface area contributed by atoms with Gasteiger partial charge in [0.15, 0.2) is 0 Å². The molecule has 0 amide bonds. The molecule has 0 spiro atoms. The van der Waals surface area contributed by atoms with Gasteiger partial charge in [-0.2, -0.15) is 0 Å². The Morgan fingerprint density at radius 3 is 2.94 bits per heavy atom. The van der Waals surface area contributed by atoms with Gasteiger partial charge in [0.25, 0.3) is 0 Å². The molecule has 2 rings (SSSR count). The molecule has 0 aromatic carbocycles. The van der Waals surface area contributed by atoms with Gasteiger partial charge in [0.2, 0.25) is 5.16 Å². The summed E-state index contributed by atoms with van der Waals surface area (Å²) in [7, 11) is 1.92. The zero-order chi connectivity index (χ0) is 12.8. The van der Waals surface area contributed by atoms with E-state index in [4.69, 9.17) is 5.11 Å². The molecule has 1 fully saturated rings. The highest BCUT2D eigenvalue weighted by Crippen LogP contribution is 2.31. The van der Waals surface area contributed by atoms with Crippen LogP contribution in [0.1, 0.15) is 38.1 Å². The Labute approximate surface area is 112 Å². The summed E-state index contributed by atoms with van der Waals surface area (Å²) < 4.78 is 1.98. The van der Waals surface area contributed by atoms with E-state index in [0.717, 1.165) is 17.3 Å². The van der Waals surface area contributed by atoms with Crippen LogP contribution in [0, 0.1) is 0 Å². The molecule has 1 saturated carbocycles. The van der Waals surface area contributed by atoms with Crippen LogP contribution in [0.15, 0.2) is 5.16 Å². The van der Waals surface area contributed by atoms with Crippen LogP contribution in [0.3, 0.4) is 0 Å². The Bertz CT molecular complexity index is 353. The molecule has 0 bridgehead atoms. The van der Waals surface area contributed by atoms with Gasteiger partial charge < -0.3 is 10.4 Å². The average Bonchev–Trinajstić information content (AvgIpc) is 3.04. The SMILES string of the molecule is CNC(CCO)CSc1nnnn1C1CCCC1. The van der Waals surface area contributed by atoms with Gasteiger partial charge in [0.05, 0.1) is 6.04 Å². The largest absolute Gasteiger partial charge is 0.396 e. The van der Waals surface area contributed by atoms with E-state index >= 15 is 0 Å². The van der Waals surface area contributed by atoms with Crippen LogP contribution < -0.4 is 5.32 Å². The Morgan fingerprint density at radius 1 is 1.50 bits per heavy atom. The molecule has 1 heterocycles. The summed E-state index contributed by atoms with van der Waals surface area (Å²) in [5.41, 5.74) is 0. The first kappa shape index (κ1) is 13.8. The molecule has 1 aliphatic rings. The molecule has 1 aromatic heterocycles. The van der Waals surface area contributed by atoms with E-state index in [0.29, 0.717) is 12.1 Å². The lowest BCUT2D eigenvalue weighted by molar-refractivity contribution is 0.273. The molecule has 0 aliphatic heterocycles. The molecule has 7 heteroatoms. The predicted octanol–water partition coefficient (Wildman–Crippen LogP) is 0.851. The van der Waals surface area contributed by atoms with Crippen molar-refractivity contribution in [1.29, 1.82) is 0 Å². The quantitative estimate of drug-likeness (QED) is 0.716. The smallest absolute Gasteiger partial charge is 0.209 e. The molecular formula is C11H21N5OS. The zero-order valence-corrected chi connectivity index (χ0v) is 11.6. The summed E-state index contributed by atoms with van der Waals surface area (Å²) >= 11 is 1.67. The van der Waals surface area contributed by atoms with Gasteiger partial charge in [0, 0.05) is 18.4 Å². The fourth-order valence-corrected chi connectivity index (χ4v) is 3.40. The first-order chi connectivity index (χ1) is 8.85. The topological polar surface area (TPSA) is 75.9 Å². The Balaban J connectivity index is 1.90. The molecule has 1 atom stereocenters. The average molecular weight is 271 g/mol. The van der Waals surface area contributed by atoms with Gasteiger partial charge in [-0.25, -0.2) is 4.68 Å². The van der Waals surface area contributed by atoms with Crippen molar-refractivity contribution in [1.82, 2.24) is 25.5 Å². The summed E-state index contributed by atoms with van der Waals surface area (Å²) in [5.74, 6) is 0.879. The third kappa shape index (κ3) is 3.43. The Kier molecular flexibility index (Phi) is 5.40. The highest BCUT2D eigenvalue weighted by molar-refractivity contribution is 7.99. The number of thioether (sulfide) groups is 1. The molecule has 1 unspecified atom stereocenters. The number of aromatic nitrogens is 4. The van der Waals surface area contributed by atoms with E-state index in [1.165, 1.54) is 25.7 Å².